The Morgan fingerprint density at radius 3 is 2.76 bits per heavy atom. The number of non-ortho nitro benzene ring substituents is 1. The number of alkyl halides is 1. The number of carbonyl (C=O) groups excluding carboxylic acids is 1. The van der Waals surface area contributed by atoms with Gasteiger partial charge in [0.2, 0.25) is 5.91 Å². The minimum absolute atomic E-state index is 0.0360. The summed E-state index contributed by atoms with van der Waals surface area (Å²) in [5, 5.41) is 10.6. The van der Waals surface area contributed by atoms with E-state index in [1.54, 1.807) is 0 Å². The fraction of sp³-hybridized carbons (Fsp3) is 0.300. The number of hydrogen-bond acceptors (Lipinski definition) is 3. The topological polar surface area (TPSA) is 63.5 Å². The third kappa shape index (κ3) is 2.28. The Bertz CT molecular complexity index is 494. The van der Waals surface area contributed by atoms with Gasteiger partial charge in [0.25, 0.3) is 5.69 Å². The first-order valence-electron chi connectivity index (χ1n) is 4.87. The first kappa shape index (κ1) is 12.0. The van der Waals surface area contributed by atoms with Crippen LogP contribution in [0.3, 0.4) is 0 Å². The van der Waals surface area contributed by atoms with Gasteiger partial charge in [0.15, 0.2) is 0 Å². The molecule has 0 spiro atoms. The van der Waals surface area contributed by atoms with Crippen LogP contribution in [-0.4, -0.2) is 22.2 Å². The number of nitrogens with zero attached hydrogens (tertiary/aromatic N) is 2. The summed E-state index contributed by atoms with van der Waals surface area (Å²) in [7, 11) is 0. The van der Waals surface area contributed by atoms with E-state index >= 15 is 0 Å². The smallest absolute Gasteiger partial charge is 0.271 e. The lowest BCUT2D eigenvalue weighted by Gasteiger charge is -2.16. The highest BCUT2D eigenvalue weighted by molar-refractivity contribution is 9.09. The maximum atomic E-state index is 13.6. The molecule has 0 aliphatic carbocycles. The lowest BCUT2D eigenvalue weighted by molar-refractivity contribution is -0.384. The minimum Gasteiger partial charge on any atom is -0.308 e. The second kappa shape index (κ2) is 4.40. The summed E-state index contributed by atoms with van der Waals surface area (Å²) in [5.74, 6) is -0.878. The van der Waals surface area contributed by atoms with E-state index in [1.165, 1.54) is 4.90 Å². The van der Waals surface area contributed by atoms with Crippen LogP contribution in [0.4, 0.5) is 15.8 Å². The summed E-state index contributed by atoms with van der Waals surface area (Å²) >= 11 is 3.27. The SMILES string of the molecule is O=C1CC(Br)CN1c1cc([N+](=O)[O-])ccc1F. The molecular formula is C10H8BrFN2O3. The van der Waals surface area contributed by atoms with E-state index in [4.69, 9.17) is 0 Å². The minimum atomic E-state index is -0.634. The summed E-state index contributed by atoms with van der Waals surface area (Å²) in [6.07, 6.45) is 0.266. The van der Waals surface area contributed by atoms with Gasteiger partial charge in [-0.15, -0.1) is 0 Å². The molecule has 1 aliphatic rings. The summed E-state index contributed by atoms with van der Waals surface area (Å²) in [6, 6.07) is 3.16. The van der Waals surface area contributed by atoms with E-state index in [0.29, 0.717) is 6.54 Å². The number of amides is 1. The third-order valence-corrected chi connectivity index (χ3v) is 3.12. The molecule has 7 heteroatoms. The average Bonchev–Trinajstić information content (AvgIpc) is 2.58. The molecule has 0 saturated carbocycles. The van der Waals surface area contributed by atoms with Crippen molar-refractivity contribution in [2.75, 3.05) is 11.4 Å². The summed E-state index contributed by atoms with van der Waals surface area (Å²) in [5.41, 5.74) is -0.265. The van der Waals surface area contributed by atoms with Crippen LogP contribution < -0.4 is 4.90 Å². The molecule has 1 amide bonds. The van der Waals surface area contributed by atoms with Gasteiger partial charge in [-0.1, -0.05) is 15.9 Å². The second-order valence-corrected chi connectivity index (χ2v) is 4.99. The van der Waals surface area contributed by atoms with E-state index < -0.39 is 10.7 Å². The molecule has 0 radical (unpaired) electrons. The molecule has 0 bridgehead atoms. The molecule has 1 heterocycles. The lowest BCUT2D eigenvalue weighted by Crippen LogP contribution is -2.25. The van der Waals surface area contributed by atoms with Crippen molar-refractivity contribution in [1.29, 1.82) is 0 Å². The van der Waals surface area contributed by atoms with E-state index in [0.717, 1.165) is 18.2 Å². The van der Waals surface area contributed by atoms with E-state index in [1.807, 2.05) is 0 Å². The van der Waals surface area contributed by atoms with E-state index in [9.17, 15) is 19.3 Å². The standard InChI is InChI=1S/C10H8BrFN2O3/c11-6-3-10(15)13(5-6)9-4-7(14(16)17)1-2-8(9)12/h1-2,4,6H,3,5H2. The molecule has 2 rings (SSSR count). The van der Waals surface area contributed by atoms with Crippen molar-refractivity contribution >= 4 is 33.2 Å². The Labute approximate surface area is 104 Å². The number of benzene rings is 1. The van der Waals surface area contributed by atoms with E-state index in [2.05, 4.69) is 15.9 Å². The van der Waals surface area contributed by atoms with Crippen LogP contribution in [0, 0.1) is 15.9 Å². The molecule has 0 N–H and O–H groups in total. The monoisotopic (exact) mass is 302 g/mol. The second-order valence-electron chi connectivity index (χ2n) is 3.70. The molecule has 1 aliphatic heterocycles. The van der Waals surface area contributed by atoms with Crippen LogP contribution >= 0.6 is 15.9 Å². The Morgan fingerprint density at radius 2 is 2.24 bits per heavy atom. The summed E-state index contributed by atoms with van der Waals surface area (Å²) in [4.78, 5) is 22.7. The Morgan fingerprint density at radius 1 is 1.53 bits per heavy atom. The molecule has 1 atom stereocenters. The molecule has 90 valence electrons. The average molecular weight is 303 g/mol. The van der Waals surface area contributed by atoms with Crippen molar-refractivity contribution in [3.63, 3.8) is 0 Å². The zero-order valence-electron chi connectivity index (χ0n) is 8.60. The molecule has 1 unspecified atom stereocenters. The normalized spacial score (nSPS) is 19.8. The number of rotatable bonds is 2. The maximum absolute atomic E-state index is 13.6. The van der Waals surface area contributed by atoms with Crippen LogP contribution in [0.1, 0.15) is 6.42 Å². The molecule has 1 aromatic rings. The fourth-order valence-corrected chi connectivity index (χ4v) is 2.28. The zero-order valence-corrected chi connectivity index (χ0v) is 10.2. The zero-order chi connectivity index (χ0) is 12.6. The van der Waals surface area contributed by atoms with Gasteiger partial charge in [-0.2, -0.15) is 0 Å². The van der Waals surface area contributed by atoms with Crippen molar-refractivity contribution < 1.29 is 14.1 Å². The van der Waals surface area contributed by atoms with E-state index in [-0.39, 0.29) is 28.5 Å². The number of carbonyl (C=O) groups is 1. The molecule has 0 aromatic heterocycles. The summed E-state index contributed by atoms with van der Waals surface area (Å²) in [6.45, 7) is 0.316. The quantitative estimate of drug-likeness (QED) is 0.478. The molecule has 1 saturated heterocycles. The van der Waals surface area contributed by atoms with Gasteiger partial charge >= 0.3 is 0 Å². The predicted octanol–water partition coefficient (Wildman–Crippen LogP) is 2.23. The van der Waals surface area contributed by atoms with Crippen molar-refractivity contribution in [2.24, 2.45) is 0 Å². The number of halogens is 2. The van der Waals surface area contributed by atoms with Gasteiger partial charge in [-0.05, 0) is 6.07 Å². The number of nitro benzene ring substituents is 1. The Hall–Kier alpha value is -1.50. The Kier molecular flexibility index (Phi) is 3.10. The molecule has 1 aromatic carbocycles. The largest absolute Gasteiger partial charge is 0.308 e. The number of nitro groups is 1. The number of anilines is 1. The third-order valence-electron chi connectivity index (χ3n) is 2.51. The maximum Gasteiger partial charge on any atom is 0.271 e. The fourth-order valence-electron chi connectivity index (χ4n) is 1.72. The van der Waals surface area contributed by atoms with Gasteiger partial charge in [-0.3, -0.25) is 14.9 Å². The predicted molar refractivity (Wildman–Crippen MR) is 62.7 cm³/mol. The van der Waals surface area contributed by atoms with Crippen LogP contribution in [0.25, 0.3) is 0 Å². The van der Waals surface area contributed by atoms with Crippen molar-refractivity contribution in [3.05, 3.63) is 34.1 Å². The highest BCUT2D eigenvalue weighted by Gasteiger charge is 2.31. The van der Waals surface area contributed by atoms with Gasteiger partial charge in [0.05, 0.1) is 10.6 Å². The first-order chi connectivity index (χ1) is 7.99. The van der Waals surface area contributed by atoms with Crippen LogP contribution in [0.5, 0.6) is 0 Å². The van der Waals surface area contributed by atoms with Gasteiger partial charge in [0, 0.05) is 29.9 Å². The van der Waals surface area contributed by atoms with Crippen LogP contribution in [-0.2, 0) is 4.79 Å². The van der Waals surface area contributed by atoms with Gasteiger partial charge in [0.1, 0.15) is 5.82 Å². The molecular weight excluding hydrogens is 295 g/mol. The number of hydrogen-bond donors (Lipinski definition) is 0. The van der Waals surface area contributed by atoms with Crippen molar-refractivity contribution in [2.45, 2.75) is 11.2 Å². The Balaban J connectivity index is 2.41. The first-order valence-corrected chi connectivity index (χ1v) is 5.79. The van der Waals surface area contributed by atoms with Crippen LogP contribution in [0.2, 0.25) is 0 Å². The van der Waals surface area contributed by atoms with Gasteiger partial charge < -0.3 is 4.90 Å². The summed E-state index contributed by atoms with van der Waals surface area (Å²) < 4.78 is 13.6. The molecule has 17 heavy (non-hydrogen) atoms. The van der Waals surface area contributed by atoms with Gasteiger partial charge in [-0.25, -0.2) is 4.39 Å². The lowest BCUT2D eigenvalue weighted by atomic mass is 10.2. The highest BCUT2D eigenvalue weighted by Crippen LogP contribution is 2.30. The van der Waals surface area contributed by atoms with Crippen molar-refractivity contribution in [3.8, 4) is 0 Å². The molecule has 5 nitrogen and oxygen atoms in total. The van der Waals surface area contributed by atoms with Crippen LogP contribution in [0.15, 0.2) is 18.2 Å². The molecule has 1 fully saturated rings. The highest BCUT2D eigenvalue weighted by atomic mass is 79.9. The van der Waals surface area contributed by atoms with Crippen molar-refractivity contribution in [1.82, 2.24) is 0 Å².